The van der Waals surface area contributed by atoms with Crippen molar-refractivity contribution in [1.82, 2.24) is 15.2 Å². The highest BCUT2D eigenvalue weighted by atomic mass is 32.1. The average molecular weight is 353 g/mol. The molecule has 3 aromatic rings. The topological polar surface area (TPSA) is 71.0 Å². The van der Waals surface area contributed by atoms with Crippen LogP contribution in [-0.2, 0) is 0 Å². The van der Waals surface area contributed by atoms with Gasteiger partial charge in [0.25, 0.3) is 5.91 Å². The summed E-state index contributed by atoms with van der Waals surface area (Å²) in [4.78, 5) is 18.8. The van der Waals surface area contributed by atoms with Crippen molar-refractivity contribution in [2.75, 3.05) is 23.3 Å². The number of rotatable bonds is 6. The van der Waals surface area contributed by atoms with Crippen molar-refractivity contribution >= 4 is 28.1 Å². The van der Waals surface area contributed by atoms with Crippen LogP contribution in [0.5, 0.6) is 0 Å². The monoisotopic (exact) mass is 353 g/mol. The number of carbonyl (C=O) groups is 1. The lowest BCUT2D eigenvalue weighted by atomic mass is 10.2. The number of aromatic nitrogens is 3. The Morgan fingerprint density at radius 1 is 1.08 bits per heavy atom. The Morgan fingerprint density at radius 3 is 2.48 bits per heavy atom. The molecule has 1 aromatic carbocycles. The molecule has 7 heteroatoms. The number of nitrogens with one attached hydrogen (secondary N) is 1. The zero-order valence-corrected chi connectivity index (χ0v) is 15.0. The van der Waals surface area contributed by atoms with Crippen LogP contribution in [0.1, 0.15) is 24.2 Å². The molecular formula is C18H19N5OS. The molecule has 0 saturated carbocycles. The molecule has 1 amide bonds. The number of hydrogen-bond donors (Lipinski definition) is 1. The van der Waals surface area contributed by atoms with E-state index in [1.807, 2.05) is 42.5 Å². The standard InChI is InChI=1S/C18H19N5OS/c1-3-23(4-2)14-10-8-13(9-11-14)16(24)20-18-22-21-17(25-18)15-7-5-6-12-19-15/h5-12H,3-4H2,1-2H3,(H,20,22,24). The highest BCUT2D eigenvalue weighted by molar-refractivity contribution is 7.18. The molecule has 0 aliphatic carbocycles. The van der Waals surface area contributed by atoms with Crippen LogP contribution < -0.4 is 10.2 Å². The zero-order valence-electron chi connectivity index (χ0n) is 14.1. The first-order valence-corrected chi connectivity index (χ1v) is 8.94. The van der Waals surface area contributed by atoms with E-state index in [4.69, 9.17) is 0 Å². The summed E-state index contributed by atoms with van der Waals surface area (Å²) in [6.45, 7) is 6.09. The molecule has 0 saturated heterocycles. The van der Waals surface area contributed by atoms with E-state index >= 15 is 0 Å². The Labute approximate surface area is 150 Å². The molecule has 25 heavy (non-hydrogen) atoms. The van der Waals surface area contributed by atoms with E-state index in [0.717, 1.165) is 24.5 Å². The molecule has 3 rings (SSSR count). The summed E-state index contributed by atoms with van der Waals surface area (Å²) in [7, 11) is 0. The quantitative estimate of drug-likeness (QED) is 0.732. The molecule has 0 aliphatic heterocycles. The minimum atomic E-state index is -0.199. The molecule has 1 N–H and O–H groups in total. The third kappa shape index (κ3) is 4.00. The summed E-state index contributed by atoms with van der Waals surface area (Å²) < 4.78 is 0. The Morgan fingerprint density at radius 2 is 1.84 bits per heavy atom. The van der Waals surface area contributed by atoms with Crippen molar-refractivity contribution in [3.8, 4) is 10.7 Å². The lowest BCUT2D eigenvalue weighted by molar-refractivity contribution is 0.102. The summed E-state index contributed by atoms with van der Waals surface area (Å²) in [6, 6.07) is 13.2. The molecule has 0 unspecified atom stereocenters. The van der Waals surface area contributed by atoms with Crippen LogP contribution in [0.3, 0.4) is 0 Å². The second-order valence-electron chi connectivity index (χ2n) is 5.30. The molecule has 0 bridgehead atoms. The predicted molar refractivity (Wildman–Crippen MR) is 101 cm³/mol. The first-order chi connectivity index (χ1) is 12.2. The highest BCUT2D eigenvalue weighted by Crippen LogP contribution is 2.25. The minimum Gasteiger partial charge on any atom is -0.372 e. The van der Waals surface area contributed by atoms with Crippen LogP contribution in [-0.4, -0.2) is 34.2 Å². The van der Waals surface area contributed by atoms with Gasteiger partial charge in [-0.25, -0.2) is 0 Å². The fourth-order valence-corrected chi connectivity index (χ4v) is 3.16. The Bertz CT molecular complexity index is 828. The van der Waals surface area contributed by atoms with Gasteiger partial charge in [0, 0.05) is 30.5 Å². The normalized spacial score (nSPS) is 10.5. The van der Waals surface area contributed by atoms with Crippen LogP contribution in [0.2, 0.25) is 0 Å². The molecule has 2 heterocycles. The molecule has 0 aliphatic rings. The molecule has 0 fully saturated rings. The summed E-state index contributed by atoms with van der Waals surface area (Å²) in [5.74, 6) is -0.199. The van der Waals surface area contributed by atoms with E-state index < -0.39 is 0 Å². The largest absolute Gasteiger partial charge is 0.372 e. The third-order valence-electron chi connectivity index (χ3n) is 3.79. The van der Waals surface area contributed by atoms with Crippen LogP contribution in [0.25, 0.3) is 10.7 Å². The zero-order chi connectivity index (χ0) is 17.6. The smallest absolute Gasteiger partial charge is 0.257 e. The lowest BCUT2D eigenvalue weighted by Gasteiger charge is -2.20. The van der Waals surface area contributed by atoms with Gasteiger partial charge in [0.2, 0.25) is 5.13 Å². The van der Waals surface area contributed by atoms with Gasteiger partial charge in [-0.3, -0.25) is 15.1 Å². The van der Waals surface area contributed by atoms with Gasteiger partial charge in [-0.15, -0.1) is 10.2 Å². The van der Waals surface area contributed by atoms with Crippen molar-refractivity contribution in [2.24, 2.45) is 0 Å². The van der Waals surface area contributed by atoms with Gasteiger partial charge in [0.1, 0.15) is 5.69 Å². The summed E-state index contributed by atoms with van der Waals surface area (Å²) >= 11 is 1.30. The van der Waals surface area contributed by atoms with E-state index in [2.05, 4.69) is 39.2 Å². The van der Waals surface area contributed by atoms with Gasteiger partial charge in [-0.05, 0) is 50.2 Å². The lowest BCUT2D eigenvalue weighted by Crippen LogP contribution is -2.21. The number of benzene rings is 1. The molecule has 6 nitrogen and oxygen atoms in total. The molecule has 128 valence electrons. The maximum absolute atomic E-state index is 12.4. The second-order valence-corrected chi connectivity index (χ2v) is 6.28. The van der Waals surface area contributed by atoms with Gasteiger partial charge in [0.05, 0.1) is 0 Å². The molecule has 0 radical (unpaired) electrons. The Balaban J connectivity index is 1.69. The van der Waals surface area contributed by atoms with E-state index in [-0.39, 0.29) is 5.91 Å². The fourth-order valence-electron chi connectivity index (χ4n) is 2.45. The van der Waals surface area contributed by atoms with E-state index in [0.29, 0.717) is 15.7 Å². The van der Waals surface area contributed by atoms with Crippen LogP contribution in [0.4, 0.5) is 10.8 Å². The third-order valence-corrected chi connectivity index (χ3v) is 4.65. The number of pyridine rings is 1. The second kappa shape index (κ2) is 7.85. The highest BCUT2D eigenvalue weighted by Gasteiger charge is 2.12. The van der Waals surface area contributed by atoms with Crippen molar-refractivity contribution in [1.29, 1.82) is 0 Å². The van der Waals surface area contributed by atoms with Gasteiger partial charge in [-0.2, -0.15) is 0 Å². The number of amides is 1. The average Bonchev–Trinajstić information content (AvgIpc) is 3.12. The molecule has 2 aromatic heterocycles. The maximum Gasteiger partial charge on any atom is 0.257 e. The SMILES string of the molecule is CCN(CC)c1ccc(C(=O)Nc2nnc(-c3ccccn3)s2)cc1. The number of nitrogens with zero attached hydrogens (tertiary/aromatic N) is 4. The van der Waals surface area contributed by atoms with Crippen molar-refractivity contribution < 1.29 is 4.79 Å². The Hall–Kier alpha value is -2.80. The van der Waals surface area contributed by atoms with Crippen LogP contribution >= 0.6 is 11.3 Å². The van der Waals surface area contributed by atoms with Gasteiger partial charge in [-0.1, -0.05) is 17.4 Å². The van der Waals surface area contributed by atoms with Crippen molar-refractivity contribution in [2.45, 2.75) is 13.8 Å². The first kappa shape index (κ1) is 17.0. The van der Waals surface area contributed by atoms with Gasteiger partial charge in [0.15, 0.2) is 5.01 Å². The summed E-state index contributed by atoms with van der Waals surface area (Å²) in [5, 5.41) is 12.0. The molecule has 0 spiro atoms. The maximum atomic E-state index is 12.4. The van der Waals surface area contributed by atoms with Crippen molar-refractivity contribution in [3.63, 3.8) is 0 Å². The predicted octanol–water partition coefficient (Wildman–Crippen LogP) is 3.70. The van der Waals surface area contributed by atoms with E-state index in [9.17, 15) is 4.79 Å². The van der Waals surface area contributed by atoms with E-state index in [1.165, 1.54) is 11.3 Å². The minimum absolute atomic E-state index is 0.199. The van der Waals surface area contributed by atoms with Gasteiger partial charge < -0.3 is 4.90 Å². The van der Waals surface area contributed by atoms with Crippen LogP contribution in [0, 0.1) is 0 Å². The molecule has 0 atom stereocenters. The summed E-state index contributed by atoms with van der Waals surface area (Å²) in [5.41, 5.74) is 2.43. The van der Waals surface area contributed by atoms with Crippen LogP contribution in [0.15, 0.2) is 48.7 Å². The van der Waals surface area contributed by atoms with Gasteiger partial charge >= 0.3 is 0 Å². The van der Waals surface area contributed by atoms with Crippen molar-refractivity contribution in [3.05, 3.63) is 54.2 Å². The number of carbonyl (C=O) groups excluding carboxylic acids is 1. The fraction of sp³-hybridized carbons (Fsp3) is 0.222. The Kier molecular flexibility index (Phi) is 5.35. The molecular weight excluding hydrogens is 334 g/mol. The number of hydrogen-bond acceptors (Lipinski definition) is 6. The first-order valence-electron chi connectivity index (χ1n) is 8.12. The summed E-state index contributed by atoms with van der Waals surface area (Å²) in [6.07, 6.45) is 1.70. The number of anilines is 2. The van der Waals surface area contributed by atoms with E-state index in [1.54, 1.807) is 6.20 Å².